The van der Waals surface area contributed by atoms with E-state index >= 15 is 0 Å². The predicted molar refractivity (Wildman–Crippen MR) is 74.9 cm³/mol. The molecular weight excluding hydrogens is 336 g/mol. The topological polar surface area (TPSA) is 135 Å². The Kier molecular flexibility index (Phi) is 3.96. The molecule has 0 radical (unpaired) electrons. The standard InChI is InChI=1S/C12H10O8S2/c1-7(13)20-11-5-9-4-10(21(14,15)16)3-2-8(9)6-12(11)22(17,18)19/h2-6H,1H3,(H,14,15,16)(H,17,18,19). The SMILES string of the molecule is CC(=O)Oc1cc2cc(S(=O)(=O)O)ccc2cc1S(=O)(=O)O. The van der Waals surface area contributed by atoms with Crippen LogP contribution in [0.3, 0.4) is 0 Å². The molecule has 0 amide bonds. The van der Waals surface area contributed by atoms with Crippen molar-refractivity contribution >= 4 is 37.0 Å². The minimum absolute atomic E-state index is 0.193. The molecule has 0 spiro atoms. The number of fused-ring (bicyclic) bond motifs is 1. The highest BCUT2D eigenvalue weighted by Crippen LogP contribution is 2.31. The summed E-state index contributed by atoms with van der Waals surface area (Å²) in [5.41, 5.74) is 0. The summed E-state index contributed by atoms with van der Waals surface area (Å²) in [6, 6.07) is 5.48. The quantitative estimate of drug-likeness (QED) is 0.482. The Bertz CT molecular complexity index is 974. The van der Waals surface area contributed by atoms with Gasteiger partial charge in [0.1, 0.15) is 4.90 Å². The molecule has 2 N–H and O–H groups in total. The normalized spacial score (nSPS) is 12.3. The van der Waals surface area contributed by atoms with Gasteiger partial charge in [0.25, 0.3) is 20.2 Å². The summed E-state index contributed by atoms with van der Waals surface area (Å²) >= 11 is 0. The fraction of sp³-hybridized carbons (Fsp3) is 0.0833. The van der Waals surface area contributed by atoms with Crippen LogP contribution in [0.15, 0.2) is 40.1 Å². The molecule has 0 bridgehead atoms. The number of benzene rings is 2. The number of rotatable bonds is 3. The summed E-state index contributed by atoms with van der Waals surface area (Å²) in [6.45, 7) is 1.03. The van der Waals surface area contributed by atoms with E-state index in [9.17, 15) is 26.2 Å². The van der Waals surface area contributed by atoms with Gasteiger partial charge in [0, 0.05) is 6.92 Å². The molecule has 0 atom stereocenters. The Morgan fingerprint density at radius 3 is 2.09 bits per heavy atom. The highest BCUT2D eigenvalue weighted by molar-refractivity contribution is 7.86. The van der Waals surface area contributed by atoms with Crippen LogP contribution in [-0.4, -0.2) is 31.9 Å². The third kappa shape index (κ3) is 3.42. The van der Waals surface area contributed by atoms with Crippen molar-refractivity contribution in [2.45, 2.75) is 16.7 Å². The van der Waals surface area contributed by atoms with E-state index in [0.29, 0.717) is 0 Å². The first kappa shape index (κ1) is 16.4. The number of ether oxygens (including phenoxy) is 1. The van der Waals surface area contributed by atoms with Crippen LogP contribution in [0.1, 0.15) is 6.92 Å². The second kappa shape index (κ2) is 5.32. The van der Waals surface area contributed by atoms with Gasteiger partial charge in [-0.05, 0) is 35.0 Å². The molecule has 0 aliphatic heterocycles. The minimum atomic E-state index is -4.65. The van der Waals surface area contributed by atoms with E-state index in [0.717, 1.165) is 31.2 Å². The van der Waals surface area contributed by atoms with Crippen LogP contribution in [-0.2, 0) is 25.0 Å². The van der Waals surface area contributed by atoms with Crippen LogP contribution >= 0.6 is 0 Å². The van der Waals surface area contributed by atoms with E-state index in [1.54, 1.807) is 0 Å². The highest BCUT2D eigenvalue weighted by Gasteiger charge is 2.20. The van der Waals surface area contributed by atoms with Crippen molar-refractivity contribution in [2.75, 3.05) is 0 Å². The van der Waals surface area contributed by atoms with Crippen molar-refractivity contribution in [3.8, 4) is 5.75 Å². The number of hydrogen-bond donors (Lipinski definition) is 2. The summed E-state index contributed by atoms with van der Waals surface area (Å²) in [6.07, 6.45) is 0. The first-order chi connectivity index (χ1) is 9.98. The van der Waals surface area contributed by atoms with Gasteiger partial charge in [-0.3, -0.25) is 13.9 Å². The van der Waals surface area contributed by atoms with Crippen molar-refractivity contribution in [2.24, 2.45) is 0 Å². The van der Waals surface area contributed by atoms with Gasteiger partial charge in [0.05, 0.1) is 4.90 Å². The van der Waals surface area contributed by atoms with Crippen molar-refractivity contribution in [1.82, 2.24) is 0 Å². The molecule has 2 rings (SSSR count). The number of carbonyl (C=O) groups excluding carboxylic acids is 1. The van der Waals surface area contributed by atoms with Crippen LogP contribution in [0, 0.1) is 0 Å². The molecule has 0 fully saturated rings. The summed E-state index contributed by atoms with van der Waals surface area (Å²) in [4.78, 5) is 9.98. The van der Waals surface area contributed by atoms with Crippen LogP contribution in [0.25, 0.3) is 10.8 Å². The molecule has 0 saturated heterocycles. The molecule has 2 aromatic carbocycles. The van der Waals surface area contributed by atoms with Gasteiger partial charge in [-0.2, -0.15) is 16.8 Å². The molecule has 2 aromatic rings. The lowest BCUT2D eigenvalue weighted by Gasteiger charge is -2.09. The monoisotopic (exact) mass is 346 g/mol. The van der Waals surface area contributed by atoms with E-state index in [1.807, 2.05) is 0 Å². The van der Waals surface area contributed by atoms with Gasteiger partial charge in [0.15, 0.2) is 5.75 Å². The number of esters is 1. The van der Waals surface area contributed by atoms with Gasteiger partial charge in [-0.15, -0.1) is 0 Å². The average Bonchev–Trinajstić information content (AvgIpc) is 2.34. The lowest BCUT2D eigenvalue weighted by molar-refractivity contribution is -0.132. The van der Waals surface area contributed by atoms with Crippen molar-refractivity contribution in [1.29, 1.82) is 0 Å². The summed E-state index contributed by atoms with van der Waals surface area (Å²) < 4.78 is 67.8. The second-order valence-corrected chi connectivity index (χ2v) is 7.16. The maximum atomic E-state index is 11.3. The molecular formula is C12H10O8S2. The van der Waals surface area contributed by atoms with Crippen molar-refractivity contribution in [3.63, 3.8) is 0 Å². The molecule has 8 nitrogen and oxygen atoms in total. The summed E-state index contributed by atoms with van der Waals surface area (Å²) in [5.74, 6) is -1.27. The summed E-state index contributed by atoms with van der Waals surface area (Å²) in [7, 11) is -9.10. The molecule has 10 heteroatoms. The van der Waals surface area contributed by atoms with E-state index in [2.05, 4.69) is 0 Å². The summed E-state index contributed by atoms with van der Waals surface area (Å²) in [5, 5.41) is 0.453. The lowest BCUT2D eigenvalue weighted by atomic mass is 10.1. The molecule has 22 heavy (non-hydrogen) atoms. The molecule has 0 aliphatic rings. The van der Waals surface area contributed by atoms with Crippen LogP contribution < -0.4 is 4.74 Å². The Morgan fingerprint density at radius 2 is 1.59 bits per heavy atom. The highest BCUT2D eigenvalue weighted by atomic mass is 32.2. The third-order valence-electron chi connectivity index (χ3n) is 2.70. The molecule has 0 aromatic heterocycles. The minimum Gasteiger partial charge on any atom is -0.425 e. The van der Waals surface area contributed by atoms with Crippen molar-refractivity contribution in [3.05, 3.63) is 30.3 Å². The Balaban J connectivity index is 2.80. The second-order valence-electron chi connectivity index (χ2n) is 4.35. The van der Waals surface area contributed by atoms with E-state index in [-0.39, 0.29) is 10.8 Å². The zero-order valence-electron chi connectivity index (χ0n) is 11.0. The first-order valence-corrected chi connectivity index (χ1v) is 8.58. The van der Waals surface area contributed by atoms with Gasteiger partial charge < -0.3 is 4.74 Å². The van der Waals surface area contributed by atoms with E-state index in [4.69, 9.17) is 9.29 Å². The van der Waals surface area contributed by atoms with Gasteiger partial charge in [-0.1, -0.05) is 6.07 Å². The third-order valence-corrected chi connectivity index (χ3v) is 4.43. The molecule has 0 heterocycles. The van der Waals surface area contributed by atoms with E-state index in [1.165, 1.54) is 6.07 Å². The van der Waals surface area contributed by atoms with Crippen LogP contribution in [0.5, 0.6) is 5.75 Å². The zero-order chi connectivity index (χ0) is 16.7. The Labute approximate surface area is 125 Å². The molecule has 0 saturated carbocycles. The first-order valence-electron chi connectivity index (χ1n) is 5.70. The van der Waals surface area contributed by atoms with Gasteiger partial charge in [-0.25, -0.2) is 0 Å². The largest absolute Gasteiger partial charge is 0.425 e. The van der Waals surface area contributed by atoms with Crippen molar-refractivity contribution < 1.29 is 35.5 Å². The van der Waals surface area contributed by atoms with Crippen LogP contribution in [0.4, 0.5) is 0 Å². The molecule has 118 valence electrons. The van der Waals surface area contributed by atoms with Gasteiger partial charge >= 0.3 is 5.97 Å². The number of carbonyl (C=O) groups is 1. The smallest absolute Gasteiger partial charge is 0.308 e. The maximum Gasteiger partial charge on any atom is 0.308 e. The predicted octanol–water partition coefficient (Wildman–Crippen LogP) is 1.26. The fourth-order valence-corrected chi connectivity index (χ4v) is 2.98. The lowest BCUT2D eigenvalue weighted by Crippen LogP contribution is -2.07. The Morgan fingerprint density at radius 1 is 0.955 bits per heavy atom. The van der Waals surface area contributed by atoms with Crippen LogP contribution in [0.2, 0.25) is 0 Å². The zero-order valence-corrected chi connectivity index (χ0v) is 12.7. The fourth-order valence-electron chi connectivity index (χ4n) is 1.83. The average molecular weight is 346 g/mol. The molecule has 0 unspecified atom stereocenters. The number of hydrogen-bond acceptors (Lipinski definition) is 6. The maximum absolute atomic E-state index is 11.3. The Hall–Kier alpha value is -2.01. The van der Waals surface area contributed by atoms with E-state index < -0.39 is 41.7 Å². The molecule has 0 aliphatic carbocycles. The van der Waals surface area contributed by atoms with Gasteiger partial charge in [0.2, 0.25) is 0 Å².